The molecule has 0 radical (unpaired) electrons. The number of halogens is 1. The molecule has 0 saturated carbocycles. The monoisotopic (exact) mass is 329 g/mol. The van der Waals surface area contributed by atoms with Crippen molar-refractivity contribution in [2.45, 2.75) is 0 Å². The maximum atomic E-state index is 12.8. The van der Waals surface area contributed by atoms with Gasteiger partial charge < -0.3 is 15.5 Å². The molecule has 2 amide bonds. The highest BCUT2D eigenvalue weighted by Crippen LogP contribution is 2.11. The van der Waals surface area contributed by atoms with Crippen molar-refractivity contribution in [1.29, 1.82) is 0 Å². The van der Waals surface area contributed by atoms with E-state index in [2.05, 4.69) is 10.6 Å². The molecule has 0 aliphatic carbocycles. The van der Waals surface area contributed by atoms with Crippen LogP contribution in [0.1, 0.15) is 20.7 Å². The number of nitrogens with one attached hydrogen (secondary N) is 2. The first kappa shape index (κ1) is 17.6. The smallest absolute Gasteiger partial charge is 0.255 e. The minimum atomic E-state index is -0.363. The summed E-state index contributed by atoms with van der Waals surface area (Å²) in [5.74, 6) is -0.860. The number of hydrogen-bond acceptors (Lipinski definition) is 3. The lowest BCUT2D eigenvalue weighted by atomic mass is 10.1. The lowest BCUT2D eigenvalue weighted by molar-refractivity contribution is 0.0949. The molecule has 2 N–H and O–H groups in total. The van der Waals surface area contributed by atoms with Gasteiger partial charge in [-0.2, -0.15) is 0 Å². The van der Waals surface area contributed by atoms with Crippen LogP contribution >= 0.6 is 0 Å². The third-order valence-electron chi connectivity index (χ3n) is 3.36. The first-order valence-corrected chi connectivity index (χ1v) is 7.55. The molecule has 0 aliphatic heterocycles. The zero-order valence-corrected chi connectivity index (χ0v) is 13.7. The van der Waals surface area contributed by atoms with Crippen LogP contribution in [-0.4, -0.2) is 43.9 Å². The number of carbonyl (C=O) groups is 2. The second-order valence-electron chi connectivity index (χ2n) is 5.60. The number of benzene rings is 2. The molecule has 0 atom stereocenters. The summed E-state index contributed by atoms with van der Waals surface area (Å²) < 4.78 is 12.8. The highest BCUT2D eigenvalue weighted by atomic mass is 19.1. The van der Waals surface area contributed by atoms with Crippen molar-refractivity contribution in [2.75, 3.05) is 32.5 Å². The fourth-order valence-corrected chi connectivity index (χ4v) is 2.00. The van der Waals surface area contributed by atoms with E-state index in [4.69, 9.17) is 0 Å². The summed E-state index contributed by atoms with van der Waals surface area (Å²) in [5.41, 5.74) is 1.42. The molecule has 5 nitrogen and oxygen atoms in total. The number of hydrogen-bond donors (Lipinski definition) is 2. The van der Waals surface area contributed by atoms with Gasteiger partial charge in [-0.3, -0.25) is 9.59 Å². The molecule has 0 aliphatic rings. The largest absolute Gasteiger partial charge is 0.351 e. The molecule has 126 valence electrons. The number of likely N-dealkylation sites (N-methyl/N-ethyl adjacent to an activating group) is 1. The van der Waals surface area contributed by atoms with E-state index < -0.39 is 0 Å². The van der Waals surface area contributed by atoms with Gasteiger partial charge >= 0.3 is 0 Å². The van der Waals surface area contributed by atoms with Crippen molar-refractivity contribution in [3.8, 4) is 0 Å². The molecule has 2 aromatic rings. The Morgan fingerprint density at radius 2 is 1.46 bits per heavy atom. The Labute approximate surface area is 140 Å². The Balaban J connectivity index is 1.94. The van der Waals surface area contributed by atoms with Crippen molar-refractivity contribution in [3.63, 3.8) is 0 Å². The molecular formula is C18H20FN3O2. The maximum absolute atomic E-state index is 12.8. The second-order valence-corrected chi connectivity index (χ2v) is 5.60. The second kappa shape index (κ2) is 8.21. The van der Waals surface area contributed by atoms with Gasteiger partial charge in [-0.25, -0.2) is 4.39 Å². The summed E-state index contributed by atoms with van der Waals surface area (Å²) >= 11 is 0. The van der Waals surface area contributed by atoms with E-state index in [1.54, 1.807) is 24.3 Å². The minimum Gasteiger partial charge on any atom is -0.351 e. The fraction of sp³-hybridized carbons (Fsp3) is 0.222. The summed E-state index contributed by atoms with van der Waals surface area (Å²) in [6.45, 7) is 1.31. The number of nitrogens with zero attached hydrogens (tertiary/aromatic N) is 1. The average Bonchev–Trinajstić information content (AvgIpc) is 2.56. The summed E-state index contributed by atoms with van der Waals surface area (Å²) in [6, 6.07) is 11.9. The number of rotatable bonds is 6. The van der Waals surface area contributed by atoms with Crippen LogP contribution in [0.25, 0.3) is 0 Å². The van der Waals surface area contributed by atoms with Gasteiger partial charge in [-0.1, -0.05) is 0 Å². The van der Waals surface area contributed by atoms with Crippen molar-refractivity contribution < 1.29 is 14.0 Å². The molecule has 2 rings (SSSR count). The lowest BCUT2D eigenvalue weighted by Crippen LogP contribution is -2.31. The zero-order chi connectivity index (χ0) is 17.5. The zero-order valence-electron chi connectivity index (χ0n) is 13.7. The van der Waals surface area contributed by atoms with Crippen molar-refractivity contribution in [2.24, 2.45) is 0 Å². The van der Waals surface area contributed by atoms with Crippen LogP contribution in [0.4, 0.5) is 10.1 Å². The minimum absolute atomic E-state index is 0.178. The first-order valence-electron chi connectivity index (χ1n) is 7.55. The van der Waals surface area contributed by atoms with Crippen LogP contribution in [-0.2, 0) is 0 Å². The van der Waals surface area contributed by atoms with E-state index in [0.29, 0.717) is 23.4 Å². The summed E-state index contributed by atoms with van der Waals surface area (Å²) in [4.78, 5) is 26.1. The molecule has 24 heavy (non-hydrogen) atoms. The molecule has 0 aromatic heterocycles. The average molecular weight is 329 g/mol. The molecule has 0 bridgehead atoms. The van der Waals surface area contributed by atoms with Gasteiger partial charge in [0.15, 0.2) is 0 Å². The van der Waals surface area contributed by atoms with Crippen molar-refractivity contribution in [1.82, 2.24) is 10.2 Å². The van der Waals surface area contributed by atoms with Crippen LogP contribution < -0.4 is 10.6 Å². The molecule has 0 saturated heterocycles. The number of carbonyl (C=O) groups excluding carboxylic acids is 2. The summed E-state index contributed by atoms with van der Waals surface area (Å²) in [5, 5.41) is 5.48. The van der Waals surface area contributed by atoms with Crippen LogP contribution in [0.15, 0.2) is 48.5 Å². The van der Waals surface area contributed by atoms with Crippen LogP contribution in [0.3, 0.4) is 0 Å². The summed E-state index contributed by atoms with van der Waals surface area (Å²) in [6.07, 6.45) is 0. The molecule has 0 fully saturated rings. The van der Waals surface area contributed by atoms with E-state index in [1.165, 1.54) is 24.3 Å². The van der Waals surface area contributed by atoms with Crippen molar-refractivity contribution in [3.05, 3.63) is 65.5 Å². The van der Waals surface area contributed by atoms with E-state index in [0.717, 1.165) is 6.54 Å². The lowest BCUT2D eigenvalue weighted by Gasteiger charge is -2.10. The first-order chi connectivity index (χ1) is 11.5. The SMILES string of the molecule is CN(C)CCNC(=O)c1ccc(C(=O)Nc2ccc(F)cc2)cc1. The van der Waals surface area contributed by atoms with Crippen LogP contribution in [0.2, 0.25) is 0 Å². The van der Waals surface area contributed by atoms with Gasteiger partial charge in [-0.05, 0) is 62.6 Å². The Kier molecular flexibility index (Phi) is 6.03. The van der Waals surface area contributed by atoms with Gasteiger partial charge in [0.05, 0.1) is 0 Å². The quantitative estimate of drug-likeness (QED) is 0.855. The predicted octanol–water partition coefficient (Wildman–Crippen LogP) is 2.37. The fourth-order valence-electron chi connectivity index (χ4n) is 2.00. The van der Waals surface area contributed by atoms with Gasteiger partial charge in [0.1, 0.15) is 5.82 Å². The normalized spacial score (nSPS) is 10.5. The molecule has 6 heteroatoms. The Bertz CT molecular complexity index is 697. The molecule has 0 spiro atoms. The Hall–Kier alpha value is -2.73. The van der Waals surface area contributed by atoms with Gasteiger partial charge in [-0.15, -0.1) is 0 Å². The number of anilines is 1. The van der Waals surface area contributed by atoms with E-state index in [9.17, 15) is 14.0 Å². The summed E-state index contributed by atoms with van der Waals surface area (Å²) in [7, 11) is 3.86. The van der Waals surface area contributed by atoms with E-state index in [-0.39, 0.29) is 17.6 Å². The highest BCUT2D eigenvalue weighted by Gasteiger charge is 2.09. The molecule has 0 heterocycles. The van der Waals surface area contributed by atoms with E-state index >= 15 is 0 Å². The predicted molar refractivity (Wildman–Crippen MR) is 91.7 cm³/mol. The third-order valence-corrected chi connectivity index (χ3v) is 3.36. The third kappa shape index (κ3) is 5.17. The Morgan fingerprint density at radius 3 is 2.00 bits per heavy atom. The standard InChI is InChI=1S/C18H20FN3O2/c1-22(2)12-11-20-17(23)13-3-5-14(6-4-13)18(24)21-16-9-7-15(19)8-10-16/h3-10H,11-12H2,1-2H3,(H,20,23)(H,21,24). The topological polar surface area (TPSA) is 61.4 Å². The van der Waals surface area contributed by atoms with Gasteiger partial charge in [0.2, 0.25) is 0 Å². The highest BCUT2D eigenvalue weighted by molar-refractivity contribution is 6.05. The van der Waals surface area contributed by atoms with Gasteiger partial charge in [0, 0.05) is 29.9 Å². The van der Waals surface area contributed by atoms with Crippen LogP contribution in [0, 0.1) is 5.82 Å². The van der Waals surface area contributed by atoms with Crippen LogP contribution in [0.5, 0.6) is 0 Å². The Morgan fingerprint density at radius 1 is 0.917 bits per heavy atom. The maximum Gasteiger partial charge on any atom is 0.255 e. The molecule has 0 unspecified atom stereocenters. The molecular weight excluding hydrogens is 309 g/mol. The number of amides is 2. The molecule has 2 aromatic carbocycles. The van der Waals surface area contributed by atoms with E-state index in [1.807, 2.05) is 19.0 Å². The van der Waals surface area contributed by atoms with Gasteiger partial charge in [0.25, 0.3) is 11.8 Å². The van der Waals surface area contributed by atoms with Crippen molar-refractivity contribution >= 4 is 17.5 Å².